The number of benzene rings is 1. The number of carbonyl (C=O) groups excluding carboxylic acids is 3. The van der Waals surface area contributed by atoms with E-state index in [0.717, 1.165) is 0 Å². The van der Waals surface area contributed by atoms with Gasteiger partial charge in [-0.05, 0) is 32.4 Å². The topological polar surface area (TPSA) is 110 Å². The van der Waals surface area contributed by atoms with Gasteiger partial charge in [0.2, 0.25) is 17.7 Å². The molecule has 1 aromatic carbocycles. The van der Waals surface area contributed by atoms with Crippen LogP contribution in [0.3, 0.4) is 0 Å². The molecule has 0 bridgehead atoms. The summed E-state index contributed by atoms with van der Waals surface area (Å²) in [6.07, 6.45) is 1.60. The Bertz CT molecular complexity index is 987. The zero-order valence-corrected chi connectivity index (χ0v) is 15.4. The highest BCUT2D eigenvalue weighted by atomic mass is 16.2. The first-order valence-electron chi connectivity index (χ1n) is 8.75. The number of fused-ring (bicyclic) bond motifs is 4. The molecule has 0 aliphatic carbocycles. The van der Waals surface area contributed by atoms with Gasteiger partial charge < -0.3 is 16.0 Å². The van der Waals surface area contributed by atoms with Gasteiger partial charge in [0.05, 0.1) is 11.7 Å². The Morgan fingerprint density at radius 2 is 1.96 bits per heavy atom. The highest BCUT2D eigenvalue weighted by molar-refractivity contribution is 6.17. The standard InChI is InChI=1S/C19H21N5O3/c1-18(2,3)24-16-12(9-21-24)19(8-15(26)22-16)11-6-4-5-7-13(11)23(17(19)27)10-14(20)25/h4-7,9H,8,10H2,1-3H3,(H2,20,25)(H,22,26)/t19-/m1/s1. The molecular weight excluding hydrogens is 346 g/mol. The number of hydrogen-bond acceptors (Lipinski definition) is 4. The lowest BCUT2D eigenvalue weighted by atomic mass is 9.72. The SMILES string of the molecule is CC(C)(C)n1ncc2c1NC(=O)C[C@]21C(=O)N(CC(N)=O)c2ccccc21. The lowest BCUT2D eigenvalue weighted by Gasteiger charge is -2.34. The monoisotopic (exact) mass is 367 g/mol. The average molecular weight is 367 g/mol. The third-order valence-electron chi connectivity index (χ3n) is 5.13. The Kier molecular flexibility index (Phi) is 3.46. The van der Waals surface area contributed by atoms with E-state index in [9.17, 15) is 14.4 Å². The van der Waals surface area contributed by atoms with Crippen molar-refractivity contribution in [2.45, 2.75) is 38.1 Å². The Hall–Kier alpha value is -3.16. The van der Waals surface area contributed by atoms with Gasteiger partial charge in [-0.1, -0.05) is 18.2 Å². The molecule has 3 heterocycles. The first kappa shape index (κ1) is 17.3. The van der Waals surface area contributed by atoms with Crippen molar-refractivity contribution in [3.63, 3.8) is 0 Å². The van der Waals surface area contributed by atoms with Crippen LogP contribution < -0.4 is 16.0 Å². The summed E-state index contributed by atoms with van der Waals surface area (Å²) in [5.74, 6) is -0.687. The van der Waals surface area contributed by atoms with E-state index in [-0.39, 0.29) is 30.3 Å². The number of nitrogens with two attached hydrogens (primary N) is 1. The predicted molar refractivity (Wildman–Crippen MR) is 99.2 cm³/mol. The molecule has 0 radical (unpaired) electrons. The molecule has 27 heavy (non-hydrogen) atoms. The van der Waals surface area contributed by atoms with E-state index >= 15 is 0 Å². The van der Waals surface area contributed by atoms with E-state index in [2.05, 4.69) is 10.4 Å². The van der Waals surface area contributed by atoms with Crippen LogP contribution in [-0.4, -0.2) is 34.0 Å². The summed E-state index contributed by atoms with van der Waals surface area (Å²) >= 11 is 0. The molecule has 2 aromatic rings. The van der Waals surface area contributed by atoms with E-state index in [1.807, 2.05) is 32.9 Å². The number of amides is 3. The maximum Gasteiger partial charge on any atom is 0.243 e. The van der Waals surface area contributed by atoms with Crippen LogP contribution in [0.25, 0.3) is 0 Å². The number of primary amides is 1. The van der Waals surface area contributed by atoms with Gasteiger partial charge in [0, 0.05) is 17.7 Å². The fraction of sp³-hybridized carbons (Fsp3) is 0.368. The third kappa shape index (κ3) is 2.29. The van der Waals surface area contributed by atoms with Crippen molar-refractivity contribution in [2.24, 2.45) is 5.73 Å². The van der Waals surface area contributed by atoms with Gasteiger partial charge in [-0.25, -0.2) is 4.68 Å². The second-order valence-corrected chi connectivity index (χ2v) is 7.99. The van der Waals surface area contributed by atoms with Crippen LogP contribution in [0.2, 0.25) is 0 Å². The van der Waals surface area contributed by atoms with Crippen molar-refractivity contribution in [1.82, 2.24) is 9.78 Å². The highest BCUT2D eigenvalue weighted by Gasteiger charge is 2.57. The molecule has 8 heteroatoms. The fourth-order valence-corrected chi connectivity index (χ4v) is 4.07. The van der Waals surface area contributed by atoms with Crippen LogP contribution in [0.1, 0.15) is 38.3 Å². The quantitative estimate of drug-likeness (QED) is 0.828. The highest BCUT2D eigenvalue weighted by Crippen LogP contribution is 2.52. The number of para-hydroxylation sites is 1. The summed E-state index contributed by atoms with van der Waals surface area (Å²) in [4.78, 5) is 39.1. The lowest BCUT2D eigenvalue weighted by Crippen LogP contribution is -2.48. The smallest absolute Gasteiger partial charge is 0.243 e. The number of hydrogen-bond donors (Lipinski definition) is 2. The predicted octanol–water partition coefficient (Wildman–Crippen LogP) is 1.10. The minimum atomic E-state index is -1.20. The molecule has 0 fully saturated rings. The number of anilines is 2. The fourth-order valence-electron chi connectivity index (χ4n) is 4.07. The third-order valence-corrected chi connectivity index (χ3v) is 5.13. The van der Waals surface area contributed by atoms with Gasteiger partial charge in [0.1, 0.15) is 17.8 Å². The summed E-state index contributed by atoms with van der Waals surface area (Å²) in [6.45, 7) is 5.68. The molecule has 1 atom stereocenters. The van der Waals surface area contributed by atoms with E-state index < -0.39 is 11.3 Å². The molecule has 140 valence electrons. The second-order valence-electron chi connectivity index (χ2n) is 7.99. The van der Waals surface area contributed by atoms with Gasteiger partial charge >= 0.3 is 0 Å². The van der Waals surface area contributed by atoms with E-state index in [1.165, 1.54) is 4.90 Å². The molecule has 8 nitrogen and oxygen atoms in total. The van der Waals surface area contributed by atoms with E-state index in [4.69, 9.17) is 5.73 Å². The Morgan fingerprint density at radius 1 is 1.26 bits per heavy atom. The molecular formula is C19H21N5O3. The molecule has 2 aliphatic rings. The summed E-state index contributed by atoms with van der Waals surface area (Å²) < 4.78 is 1.72. The molecule has 3 N–H and O–H groups in total. The first-order valence-corrected chi connectivity index (χ1v) is 8.75. The van der Waals surface area contributed by atoms with Gasteiger partial charge in [-0.3, -0.25) is 14.4 Å². The normalized spacial score (nSPS) is 21.2. The minimum absolute atomic E-state index is 0.0407. The molecule has 4 rings (SSSR count). The van der Waals surface area contributed by atoms with Crippen LogP contribution in [0.4, 0.5) is 11.5 Å². The zero-order chi connectivity index (χ0) is 19.6. The van der Waals surface area contributed by atoms with Crippen LogP contribution in [0.15, 0.2) is 30.5 Å². The molecule has 1 spiro atoms. The summed E-state index contributed by atoms with van der Waals surface area (Å²) in [7, 11) is 0. The van der Waals surface area contributed by atoms with Crippen LogP contribution >= 0.6 is 0 Å². The van der Waals surface area contributed by atoms with Crippen molar-refractivity contribution < 1.29 is 14.4 Å². The number of carbonyl (C=O) groups is 3. The lowest BCUT2D eigenvalue weighted by molar-refractivity contribution is -0.127. The van der Waals surface area contributed by atoms with Crippen LogP contribution in [0, 0.1) is 0 Å². The Labute approximate surface area is 156 Å². The minimum Gasteiger partial charge on any atom is -0.368 e. The summed E-state index contributed by atoms with van der Waals surface area (Å²) in [6, 6.07) is 7.21. The largest absolute Gasteiger partial charge is 0.368 e. The Balaban J connectivity index is 1.99. The molecule has 0 saturated carbocycles. The van der Waals surface area contributed by atoms with Crippen molar-refractivity contribution in [2.75, 3.05) is 16.8 Å². The number of nitrogens with one attached hydrogen (secondary N) is 1. The van der Waals surface area contributed by atoms with Gasteiger partial charge in [0.25, 0.3) is 0 Å². The summed E-state index contributed by atoms with van der Waals surface area (Å²) in [5.41, 5.74) is 5.72. The van der Waals surface area contributed by atoms with Gasteiger partial charge in [0.15, 0.2) is 0 Å². The number of nitrogens with zero attached hydrogens (tertiary/aromatic N) is 3. The maximum atomic E-state index is 13.5. The van der Waals surface area contributed by atoms with Crippen LogP contribution in [0.5, 0.6) is 0 Å². The second kappa shape index (κ2) is 5.42. The van der Waals surface area contributed by atoms with Crippen molar-refractivity contribution in [3.05, 3.63) is 41.6 Å². The molecule has 3 amide bonds. The Morgan fingerprint density at radius 3 is 2.63 bits per heavy atom. The van der Waals surface area contributed by atoms with Crippen LogP contribution in [-0.2, 0) is 25.3 Å². The molecule has 0 saturated heterocycles. The molecule has 1 aromatic heterocycles. The average Bonchev–Trinajstić information content (AvgIpc) is 3.10. The van der Waals surface area contributed by atoms with E-state index in [0.29, 0.717) is 22.6 Å². The van der Waals surface area contributed by atoms with Crippen molar-refractivity contribution >= 4 is 29.2 Å². The van der Waals surface area contributed by atoms with Gasteiger partial charge in [-0.2, -0.15) is 5.10 Å². The van der Waals surface area contributed by atoms with Crippen molar-refractivity contribution in [3.8, 4) is 0 Å². The van der Waals surface area contributed by atoms with Gasteiger partial charge in [-0.15, -0.1) is 0 Å². The van der Waals surface area contributed by atoms with E-state index in [1.54, 1.807) is 23.0 Å². The molecule has 2 aliphatic heterocycles. The first-order chi connectivity index (χ1) is 12.7. The zero-order valence-electron chi connectivity index (χ0n) is 15.4. The number of rotatable bonds is 2. The summed E-state index contributed by atoms with van der Waals surface area (Å²) in [5, 5.41) is 7.33. The molecule has 0 unspecified atom stereocenters. The number of aromatic nitrogens is 2. The van der Waals surface area contributed by atoms with Crippen molar-refractivity contribution in [1.29, 1.82) is 0 Å². The maximum absolute atomic E-state index is 13.5.